The molecule has 0 saturated carbocycles. The first-order chi connectivity index (χ1) is 12.8. The number of thiocarbonyl (C=S) groups is 1. The number of hydrogen-bond acceptors (Lipinski definition) is 4. The Morgan fingerprint density at radius 1 is 1.26 bits per heavy atom. The van der Waals surface area contributed by atoms with Crippen LogP contribution in [-0.2, 0) is 9.53 Å². The quantitative estimate of drug-likeness (QED) is 0.595. The molecule has 0 aliphatic carbocycles. The van der Waals surface area contributed by atoms with Crippen LogP contribution in [0.25, 0.3) is 0 Å². The van der Waals surface area contributed by atoms with Crippen molar-refractivity contribution in [3.63, 3.8) is 0 Å². The van der Waals surface area contributed by atoms with E-state index in [1.807, 2.05) is 30.9 Å². The Balaban J connectivity index is 2.36. The Morgan fingerprint density at radius 2 is 1.89 bits per heavy atom. The van der Waals surface area contributed by atoms with Gasteiger partial charge in [-0.25, -0.2) is 9.59 Å². The first-order valence-corrected chi connectivity index (χ1v) is 9.25. The van der Waals surface area contributed by atoms with Crippen LogP contribution in [0.15, 0.2) is 35.5 Å². The van der Waals surface area contributed by atoms with Crippen molar-refractivity contribution in [3.8, 4) is 0 Å². The zero-order valence-electron chi connectivity index (χ0n) is 16.3. The van der Waals surface area contributed by atoms with Crippen molar-refractivity contribution in [3.05, 3.63) is 41.1 Å². The molecule has 2 N–H and O–H groups in total. The number of allylic oxidation sites excluding steroid dienone is 1. The number of rotatable bonds is 5. The molecule has 1 aliphatic heterocycles. The van der Waals surface area contributed by atoms with Gasteiger partial charge in [0.15, 0.2) is 5.11 Å². The van der Waals surface area contributed by atoms with E-state index in [0.29, 0.717) is 29.5 Å². The highest BCUT2D eigenvalue weighted by atomic mass is 32.1. The van der Waals surface area contributed by atoms with Gasteiger partial charge in [0, 0.05) is 32.0 Å². The maximum absolute atomic E-state index is 12.6. The highest BCUT2D eigenvalue weighted by molar-refractivity contribution is 7.80. The SMILES string of the molecule is CCOC(=O)C1=C(C)N(CC)C(=S)NC1c1ccc(NC(=O)N(C)C)cc1. The van der Waals surface area contributed by atoms with Crippen molar-refractivity contribution in [1.29, 1.82) is 0 Å². The van der Waals surface area contributed by atoms with Crippen LogP contribution >= 0.6 is 12.2 Å². The van der Waals surface area contributed by atoms with E-state index in [4.69, 9.17) is 17.0 Å². The number of benzene rings is 1. The molecule has 0 aromatic heterocycles. The summed E-state index contributed by atoms with van der Waals surface area (Å²) in [5.41, 5.74) is 2.86. The zero-order chi connectivity index (χ0) is 20.1. The lowest BCUT2D eigenvalue weighted by Crippen LogP contribution is -2.47. The van der Waals surface area contributed by atoms with Gasteiger partial charge >= 0.3 is 12.0 Å². The van der Waals surface area contributed by atoms with E-state index in [9.17, 15) is 9.59 Å². The van der Waals surface area contributed by atoms with E-state index < -0.39 is 6.04 Å². The van der Waals surface area contributed by atoms with Crippen molar-refractivity contribution in [2.75, 3.05) is 32.6 Å². The van der Waals surface area contributed by atoms with Gasteiger partial charge < -0.3 is 25.2 Å². The minimum Gasteiger partial charge on any atom is -0.463 e. The molecule has 1 unspecified atom stereocenters. The first kappa shape index (κ1) is 20.7. The number of anilines is 1. The van der Waals surface area contributed by atoms with Crippen molar-refractivity contribution in [1.82, 2.24) is 15.1 Å². The van der Waals surface area contributed by atoms with Crippen molar-refractivity contribution >= 4 is 35.0 Å². The Hall–Kier alpha value is -2.61. The summed E-state index contributed by atoms with van der Waals surface area (Å²) in [5.74, 6) is -0.363. The fourth-order valence-corrected chi connectivity index (χ4v) is 3.26. The molecule has 2 amide bonds. The number of nitrogens with one attached hydrogen (secondary N) is 2. The van der Waals surface area contributed by atoms with Gasteiger partial charge in [0.05, 0.1) is 18.2 Å². The third kappa shape index (κ3) is 4.57. The molecule has 0 fully saturated rings. The maximum Gasteiger partial charge on any atom is 0.338 e. The second-order valence-electron chi connectivity index (χ2n) is 6.29. The standard InChI is InChI=1S/C19H26N4O3S/c1-6-23-12(3)15(17(24)26-7-2)16(21-19(23)27)13-8-10-14(11-9-13)20-18(25)22(4)5/h8-11,16H,6-7H2,1-5H3,(H,20,25)(H,21,27). The van der Waals surface area contributed by atoms with Gasteiger partial charge in [-0.3, -0.25) is 0 Å². The fourth-order valence-electron chi connectivity index (χ4n) is 2.88. The van der Waals surface area contributed by atoms with Crippen molar-refractivity contribution < 1.29 is 14.3 Å². The van der Waals surface area contributed by atoms with Crippen LogP contribution in [0, 0.1) is 0 Å². The van der Waals surface area contributed by atoms with Crippen LogP contribution in [0.4, 0.5) is 10.5 Å². The number of carbonyl (C=O) groups is 2. The summed E-state index contributed by atoms with van der Waals surface area (Å²) in [6.45, 7) is 6.59. The molecule has 8 heteroatoms. The number of esters is 1. The van der Waals surface area contributed by atoms with Crippen LogP contribution in [0.2, 0.25) is 0 Å². The van der Waals surface area contributed by atoms with E-state index in [2.05, 4.69) is 10.6 Å². The third-order valence-corrected chi connectivity index (χ3v) is 4.65. The Kier molecular flexibility index (Phi) is 6.79. The molecule has 0 bridgehead atoms. The van der Waals surface area contributed by atoms with E-state index in [1.54, 1.807) is 33.2 Å². The van der Waals surface area contributed by atoms with E-state index >= 15 is 0 Å². The fraction of sp³-hybridized carbons (Fsp3) is 0.421. The lowest BCUT2D eigenvalue weighted by molar-refractivity contribution is -0.139. The number of ether oxygens (including phenoxy) is 1. The first-order valence-electron chi connectivity index (χ1n) is 8.84. The molecular formula is C19H26N4O3S. The molecule has 7 nitrogen and oxygen atoms in total. The average molecular weight is 391 g/mol. The summed E-state index contributed by atoms with van der Waals surface area (Å²) < 4.78 is 5.27. The predicted molar refractivity (Wildman–Crippen MR) is 109 cm³/mol. The molecule has 1 aromatic rings. The van der Waals surface area contributed by atoms with Crippen LogP contribution in [0.5, 0.6) is 0 Å². The van der Waals surface area contributed by atoms with Gasteiger partial charge in [0.1, 0.15) is 0 Å². The summed E-state index contributed by atoms with van der Waals surface area (Å²) in [7, 11) is 3.35. The lowest BCUT2D eigenvalue weighted by atomic mass is 9.95. The van der Waals surface area contributed by atoms with Crippen molar-refractivity contribution in [2.45, 2.75) is 26.8 Å². The van der Waals surface area contributed by atoms with Gasteiger partial charge in [-0.15, -0.1) is 0 Å². The number of urea groups is 1. The van der Waals surface area contributed by atoms with Gasteiger partial charge in [0.2, 0.25) is 0 Å². The summed E-state index contributed by atoms with van der Waals surface area (Å²) in [5, 5.41) is 6.59. The molecule has 146 valence electrons. The van der Waals surface area contributed by atoms with Gasteiger partial charge in [-0.2, -0.15) is 0 Å². The highest BCUT2D eigenvalue weighted by Gasteiger charge is 2.34. The van der Waals surface area contributed by atoms with Crippen LogP contribution in [0.1, 0.15) is 32.4 Å². The Bertz CT molecular complexity index is 759. The summed E-state index contributed by atoms with van der Waals surface area (Å²) in [6, 6.07) is 6.70. The largest absolute Gasteiger partial charge is 0.463 e. The van der Waals surface area contributed by atoms with Gasteiger partial charge in [0.25, 0.3) is 0 Å². The minimum atomic E-state index is -0.405. The number of nitrogens with zero attached hydrogens (tertiary/aromatic N) is 2. The van der Waals surface area contributed by atoms with Crippen molar-refractivity contribution in [2.24, 2.45) is 0 Å². The molecular weight excluding hydrogens is 364 g/mol. The number of hydrogen-bond donors (Lipinski definition) is 2. The number of carbonyl (C=O) groups excluding carboxylic acids is 2. The summed E-state index contributed by atoms with van der Waals surface area (Å²) in [6.07, 6.45) is 0. The number of amides is 2. The smallest absolute Gasteiger partial charge is 0.338 e. The predicted octanol–water partition coefficient (Wildman–Crippen LogP) is 2.87. The second kappa shape index (κ2) is 8.85. The van der Waals surface area contributed by atoms with E-state index in [-0.39, 0.29) is 12.0 Å². The molecule has 1 aromatic carbocycles. The third-order valence-electron chi connectivity index (χ3n) is 4.31. The summed E-state index contributed by atoms with van der Waals surface area (Å²) in [4.78, 5) is 27.7. The molecule has 1 atom stereocenters. The Labute approximate surface area is 165 Å². The van der Waals surface area contributed by atoms with E-state index in [0.717, 1.165) is 11.3 Å². The van der Waals surface area contributed by atoms with E-state index in [1.165, 1.54) is 4.90 Å². The molecule has 1 aliphatic rings. The maximum atomic E-state index is 12.6. The Morgan fingerprint density at radius 3 is 2.41 bits per heavy atom. The summed E-state index contributed by atoms with van der Waals surface area (Å²) >= 11 is 5.46. The van der Waals surface area contributed by atoms with Gasteiger partial charge in [-0.1, -0.05) is 12.1 Å². The monoisotopic (exact) mass is 390 g/mol. The van der Waals surface area contributed by atoms with Crippen LogP contribution < -0.4 is 10.6 Å². The van der Waals surface area contributed by atoms with Crippen LogP contribution in [-0.4, -0.2) is 54.2 Å². The lowest BCUT2D eigenvalue weighted by Gasteiger charge is -2.37. The average Bonchev–Trinajstić information content (AvgIpc) is 2.62. The second-order valence-corrected chi connectivity index (χ2v) is 6.68. The van der Waals surface area contributed by atoms with Gasteiger partial charge in [-0.05, 0) is 50.7 Å². The molecule has 0 saturated heterocycles. The molecule has 1 heterocycles. The highest BCUT2D eigenvalue weighted by Crippen LogP contribution is 2.31. The minimum absolute atomic E-state index is 0.207. The molecule has 27 heavy (non-hydrogen) atoms. The molecule has 2 rings (SSSR count). The molecule has 0 radical (unpaired) electrons. The topological polar surface area (TPSA) is 73.9 Å². The zero-order valence-corrected chi connectivity index (χ0v) is 17.1. The molecule has 0 spiro atoms. The van der Waals surface area contributed by atoms with Crippen LogP contribution in [0.3, 0.4) is 0 Å². The normalized spacial score (nSPS) is 16.7.